The van der Waals surface area contributed by atoms with Crippen LogP contribution in [0.1, 0.15) is 12.0 Å². The molecule has 0 saturated carbocycles. The molecule has 3 rings (SSSR count). The summed E-state index contributed by atoms with van der Waals surface area (Å²) >= 11 is 6.40. The molecule has 1 aliphatic rings. The van der Waals surface area contributed by atoms with Crippen LogP contribution in [-0.4, -0.2) is 36.0 Å². The molecule has 7 nitrogen and oxygen atoms in total. The minimum absolute atomic E-state index is 0.0308. The highest BCUT2D eigenvalue weighted by Gasteiger charge is 2.32. The van der Waals surface area contributed by atoms with Crippen LogP contribution in [0.2, 0.25) is 0 Å². The van der Waals surface area contributed by atoms with E-state index in [9.17, 15) is 18.0 Å². The van der Waals surface area contributed by atoms with Crippen molar-refractivity contribution in [2.75, 3.05) is 6.54 Å². The Kier molecular flexibility index (Phi) is 6.80. The minimum atomic E-state index is -3.86. The summed E-state index contributed by atoms with van der Waals surface area (Å²) in [6, 6.07) is 17.0. The number of amides is 2. The third-order valence-corrected chi connectivity index (χ3v) is 6.55. The minimum Gasteiger partial charge on any atom is -0.292 e. The number of benzene rings is 2. The highest BCUT2D eigenvalue weighted by atomic mass is 32.2. The Labute approximate surface area is 178 Å². The van der Waals surface area contributed by atoms with Crippen LogP contribution in [0.3, 0.4) is 0 Å². The van der Waals surface area contributed by atoms with Gasteiger partial charge in [-0.15, -0.1) is 4.83 Å². The Bertz CT molecular complexity index is 1050. The molecule has 150 valence electrons. The largest absolute Gasteiger partial charge is 0.292 e. The van der Waals surface area contributed by atoms with Gasteiger partial charge in [0, 0.05) is 13.0 Å². The van der Waals surface area contributed by atoms with E-state index in [0.717, 1.165) is 5.56 Å². The van der Waals surface area contributed by atoms with Crippen LogP contribution in [0.4, 0.5) is 0 Å². The second-order valence-corrected chi connectivity index (χ2v) is 9.32. The Morgan fingerprint density at radius 2 is 1.69 bits per heavy atom. The van der Waals surface area contributed by atoms with Crippen LogP contribution in [0.15, 0.2) is 70.5 Å². The van der Waals surface area contributed by atoms with Gasteiger partial charge in [-0.1, -0.05) is 72.5 Å². The first kappa shape index (κ1) is 21.2. The molecule has 1 saturated heterocycles. The van der Waals surface area contributed by atoms with Crippen LogP contribution in [0, 0.1) is 0 Å². The van der Waals surface area contributed by atoms with E-state index < -0.39 is 15.9 Å². The number of thioether (sulfide) groups is 1. The van der Waals surface area contributed by atoms with E-state index in [1.165, 1.54) is 28.8 Å². The molecule has 2 aromatic rings. The van der Waals surface area contributed by atoms with E-state index in [2.05, 4.69) is 5.43 Å². The average Bonchev–Trinajstić information content (AvgIpc) is 2.99. The Morgan fingerprint density at radius 1 is 1.07 bits per heavy atom. The molecule has 1 aliphatic heterocycles. The van der Waals surface area contributed by atoms with Gasteiger partial charge in [0.2, 0.25) is 5.91 Å². The van der Waals surface area contributed by atoms with Gasteiger partial charge in [0.15, 0.2) is 0 Å². The number of carbonyl (C=O) groups excluding carboxylic acids is 2. The van der Waals surface area contributed by atoms with Crippen molar-refractivity contribution in [1.82, 2.24) is 15.2 Å². The molecule has 0 atom stereocenters. The summed E-state index contributed by atoms with van der Waals surface area (Å²) in [5.74, 6) is -0.855. The van der Waals surface area contributed by atoms with Gasteiger partial charge in [-0.25, -0.2) is 8.42 Å². The summed E-state index contributed by atoms with van der Waals surface area (Å²) in [6.45, 7) is 0.0513. The number of carbonyl (C=O) groups is 2. The number of hydrogen-bond acceptors (Lipinski definition) is 6. The average molecular weight is 448 g/mol. The number of sulfonamides is 1. The first-order valence-corrected chi connectivity index (χ1v) is 11.2. The molecule has 1 heterocycles. The molecular formula is C19H17N3O4S3. The normalized spacial score (nSPS) is 15.7. The van der Waals surface area contributed by atoms with Crippen LogP contribution in [0.25, 0.3) is 6.08 Å². The first-order chi connectivity index (χ1) is 13.9. The molecule has 2 N–H and O–H groups in total. The van der Waals surface area contributed by atoms with Crippen LogP contribution in [-0.2, 0) is 19.6 Å². The maximum Gasteiger partial charge on any atom is 0.266 e. The SMILES string of the molecule is O=C(CCN1C(=O)C(=Cc2ccccc2)SC1=S)NNS(=O)(=O)c1ccccc1. The van der Waals surface area contributed by atoms with Crippen molar-refractivity contribution < 1.29 is 18.0 Å². The zero-order valence-corrected chi connectivity index (χ0v) is 17.5. The summed E-state index contributed by atoms with van der Waals surface area (Å²) < 4.78 is 24.5. The van der Waals surface area contributed by atoms with Crippen molar-refractivity contribution in [1.29, 1.82) is 0 Å². The summed E-state index contributed by atoms with van der Waals surface area (Å²) in [4.78, 5) is 28.4. The van der Waals surface area contributed by atoms with Crippen molar-refractivity contribution in [3.8, 4) is 0 Å². The number of hydrogen-bond donors (Lipinski definition) is 2. The fraction of sp³-hybridized carbons (Fsp3) is 0.105. The van der Waals surface area contributed by atoms with Gasteiger partial charge >= 0.3 is 0 Å². The van der Waals surface area contributed by atoms with E-state index in [1.807, 2.05) is 35.2 Å². The molecule has 0 unspecified atom stereocenters. The molecule has 2 amide bonds. The van der Waals surface area contributed by atoms with Gasteiger partial charge in [-0.05, 0) is 23.8 Å². The third-order valence-electron chi connectivity index (χ3n) is 3.91. The Morgan fingerprint density at radius 3 is 2.34 bits per heavy atom. The lowest BCUT2D eigenvalue weighted by molar-refractivity contribution is -0.124. The summed E-state index contributed by atoms with van der Waals surface area (Å²) in [6.07, 6.45) is 1.63. The number of nitrogens with zero attached hydrogens (tertiary/aromatic N) is 1. The lowest BCUT2D eigenvalue weighted by Crippen LogP contribution is -2.43. The topological polar surface area (TPSA) is 95.6 Å². The smallest absolute Gasteiger partial charge is 0.266 e. The van der Waals surface area contributed by atoms with Gasteiger partial charge in [-0.3, -0.25) is 19.9 Å². The van der Waals surface area contributed by atoms with Gasteiger partial charge < -0.3 is 0 Å². The van der Waals surface area contributed by atoms with E-state index in [1.54, 1.807) is 24.3 Å². The molecular weight excluding hydrogens is 430 g/mol. The van der Waals surface area contributed by atoms with Crippen LogP contribution < -0.4 is 10.3 Å². The third kappa shape index (κ3) is 5.51. The lowest BCUT2D eigenvalue weighted by Gasteiger charge is -2.14. The Hall–Kier alpha value is -2.53. The standard InChI is InChI=1S/C19H17N3O4S3/c23-17(20-21-29(25,26)15-9-5-2-6-10-15)11-12-22-18(24)16(28-19(22)27)13-14-7-3-1-4-8-14/h1-10,13,21H,11-12H2,(H,20,23). The Balaban J connectivity index is 1.54. The maximum atomic E-state index is 12.5. The predicted molar refractivity (Wildman–Crippen MR) is 116 cm³/mol. The van der Waals surface area contributed by atoms with Crippen LogP contribution >= 0.6 is 24.0 Å². The number of nitrogens with one attached hydrogen (secondary N) is 2. The molecule has 0 spiro atoms. The molecule has 0 radical (unpaired) electrons. The van der Waals surface area contributed by atoms with Crippen LogP contribution in [0.5, 0.6) is 0 Å². The molecule has 0 aliphatic carbocycles. The molecule has 2 aromatic carbocycles. The molecule has 0 bridgehead atoms. The van der Waals surface area contributed by atoms with Gasteiger partial charge in [0.25, 0.3) is 15.9 Å². The van der Waals surface area contributed by atoms with E-state index >= 15 is 0 Å². The highest BCUT2D eigenvalue weighted by molar-refractivity contribution is 8.26. The molecule has 10 heteroatoms. The zero-order chi connectivity index (χ0) is 20.9. The van der Waals surface area contributed by atoms with Crippen molar-refractivity contribution >= 4 is 56.2 Å². The highest BCUT2D eigenvalue weighted by Crippen LogP contribution is 2.32. The predicted octanol–water partition coefficient (Wildman–Crippen LogP) is 2.29. The van der Waals surface area contributed by atoms with E-state index in [0.29, 0.717) is 9.23 Å². The van der Waals surface area contributed by atoms with E-state index in [4.69, 9.17) is 12.2 Å². The summed E-state index contributed by atoms with van der Waals surface area (Å²) in [5, 5.41) is 0. The summed E-state index contributed by atoms with van der Waals surface area (Å²) in [7, 11) is -3.86. The molecule has 29 heavy (non-hydrogen) atoms. The maximum absolute atomic E-state index is 12.5. The first-order valence-electron chi connectivity index (χ1n) is 8.53. The van der Waals surface area contributed by atoms with E-state index in [-0.39, 0.29) is 23.8 Å². The van der Waals surface area contributed by atoms with Gasteiger partial charge in [0.05, 0.1) is 9.80 Å². The second-order valence-electron chi connectivity index (χ2n) is 5.96. The zero-order valence-electron chi connectivity index (χ0n) is 15.1. The van der Waals surface area contributed by atoms with Crippen molar-refractivity contribution in [2.45, 2.75) is 11.3 Å². The number of rotatable bonds is 7. The molecule has 1 fully saturated rings. The monoisotopic (exact) mass is 447 g/mol. The van der Waals surface area contributed by atoms with Crippen molar-refractivity contribution in [2.24, 2.45) is 0 Å². The number of hydrazine groups is 1. The summed E-state index contributed by atoms with van der Waals surface area (Å²) in [5.41, 5.74) is 3.02. The van der Waals surface area contributed by atoms with Crippen molar-refractivity contribution in [3.63, 3.8) is 0 Å². The quantitative estimate of drug-likeness (QED) is 0.384. The lowest BCUT2D eigenvalue weighted by atomic mass is 10.2. The second kappa shape index (κ2) is 9.31. The fourth-order valence-corrected chi connectivity index (χ4v) is 4.64. The fourth-order valence-electron chi connectivity index (χ4n) is 2.45. The molecule has 0 aromatic heterocycles. The van der Waals surface area contributed by atoms with Gasteiger partial charge in [0.1, 0.15) is 4.32 Å². The number of thiocarbonyl (C=S) groups is 1. The van der Waals surface area contributed by atoms with Gasteiger partial charge in [-0.2, -0.15) is 0 Å². The van der Waals surface area contributed by atoms with Crippen molar-refractivity contribution in [3.05, 3.63) is 71.1 Å².